The number of aliphatic hydroxyl groups is 2. The molecule has 2 N–H and O–H groups in total. The number of hydrogen-bond donors (Lipinski definition) is 2. The molecule has 0 aliphatic heterocycles. The largest absolute Gasteiger partial charge is 0.394 e. The van der Waals surface area contributed by atoms with Crippen LogP contribution in [0.25, 0.3) is 0 Å². The number of rotatable bonds is 6. The maximum atomic E-state index is 9.38. The highest BCUT2D eigenvalue weighted by Gasteiger charge is 2.41. The van der Waals surface area contributed by atoms with Crippen molar-refractivity contribution < 1.29 is 14.9 Å². The lowest BCUT2D eigenvalue weighted by Gasteiger charge is -2.06. The van der Waals surface area contributed by atoms with Gasteiger partial charge in [0.15, 0.2) is 0 Å². The van der Waals surface area contributed by atoms with E-state index in [1.165, 1.54) is 5.56 Å². The molecule has 1 aliphatic rings. The van der Waals surface area contributed by atoms with Crippen LogP contribution >= 0.6 is 0 Å². The average Bonchev–Trinajstić information content (AvgIpc) is 3.09. The summed E-state index contributed by atoms with van der Waals surface area (Å²) in [5.74, 6) is 0.659. The monoisotopic (exact) mass is 222 g/mol. The van der Waals surface area contributed by atoms with Gasteiger partial charge in [-0.25, -0.2) is 0 Å². The topological polar surface area (TPSA) is 49.7 Å². The molecular formula is C13H18O3. The minimum absolute atomic E-state index is 0.139. The smallest absolute Gasteiger partial charge is 0.0802 e. The van der Waals surface area contributed by atoms with Gasteiger partial charge in [0.1, 0.15) is 0 Å². The van der Waals surface area contributed by atoms with Gasteiger partial charge in [-0.3, -0.25) is 0 Å². The molecule has 1 fully saturated rings. The SMILES string of the molecule is OC[C@@H](O)[C@@H]1C[C@@H]1COCc1ccccc1. The summed E-state index contributed by atoms with van der Waals surface area (Å²) in [7, 11) is 0. The summed E-state index contributed by atoms with van der Waals surface area (Å²) in [5.41, 5.74) is 1.17. The lowest BCUT2D eigenvalue weighted by Crippen LogP contribution is -2.16. The van der Waals surface area contributed by atoms with Gasteiger partial charge < -0.3 is 14.9 Å². The van der Waals surface area contributed by atoms with Gasteiger partial charge in [0, 0.05) is 0 Å². The van der Waals surface area contributed by atoms with E-state index in [9.17, 15) is 5.11 Å². The summed E-state index contributed by atoms with van der Waals surface area (Å²) >= 11 is 0. The van der Waals surface area contributed by atoms with Gasteiger partial charge in [-0.05, 0) is 23.8 Å². The Labute approximate surface area is 95.7 Å². The van der Waals surface area contributed by atoms with Crippen molar-refractivity contribution >= 4 is 0 Å². The maximum Gasteiger partial charge on any atom is 0.0802 e. The second-order valence-corrected chi connectivity index (χ2v) is 4.41. The van der Waals surface area contributed by atoms with Crippen molar-refractivity contribution in [3.63, 3.8) is 0 Å². The van der Waals surface area contributed by atoms with E-state index >= 15 is 0 Å². The highest BCUT2D eigenvalue weighted by atomic mass is 16.5. The van der Waals surface area contributed by atoms with E-state index in [1.807, 2.05) is 30.3 Å². The van der Waals surface area contributed by atoms with E-state index in [-0.39, 0.29) is 12.5 Å². The molecule has 1 aliphatic carbocycles. The molecule has 0 saturated heterocycles. The third kappa shape index (κ3) is 3.04. The third-order valence-electron chi connectivity index (χ3n) is 3.10. The molecule has 0 bridgehead atoms. The Kier molecular flexibility index (Phi) is 3.93. The van der Waals surface area contributed by atoms with Gasteiger partial charge >= 0.3 is 0 Å². The molecule has 0 amide bonds. The normalized spacial score (nSPS) is 25.4. The van der Waals surface area contributed by atoms with Crippen LogP contribution in [0.5, 0.6) is 0 Å². The molecule has 3 heteroatoms. The molecule has 1 aromatic rings. The van der Waals surface area contributed by atoms with Gasteiger partial charge in [-0.1, -0.05) is 30.3 Å². The Morgan fingerprint density at radius 3 is 2.75 bits per heavy atom. The third-order valence-corrected chi connectivity index (χ3v) is 3.10. The molecule has 16 heavy (non-hydrogen) atoms. The Balaban J connectivity index is 1.64. The highest BCUT2D eigenvalue weighted by Crippen LogP contribution is 2.41. The van der Waals surface area contributed by atoms with Gasteiger partial charge in [0.25, 0.3) is 0 Å². The number of hydrogen-bond acceptors (Lipinski definition) is 3. The summed E-state index contributed by atoms with van der Waals surface area (Å²) in [6, 6.07) is 10.0. The van der Waals surface area contributed by atoms with E-state index in [2.05, 4.69) is 0 Å². The van der Waals surface area contributed by atoms with E-state index < -0.39 is 6.10 Å². The zero-order valence-electron chi connectivity index (χ0n) is 9.25. The number of ether oxygens (including phenoxy) is 1. The lowest BCUT2D eigenvalue weighted by atomic mass is 10.2. The second kappa shape index (κ2) is 5.43. The van der Waals surface area contributed by atoms with Crippen molar-refractivity contribution in [3.05, 3.63) is 35.9 Å². The fourth-order valence-corrected chi connectivity index (χ4v) is 1.97. The molecule has 0 unspecified atom stereocenters. The van der Waals surface area contributed by atoms with Crippen LogP contribution in [-0.4, -0.2) is 29.5 Å². The summed E-state index contributed by atoms with van der Waals surface area (Å²) in [6.45, 7) is 1.16. The number of aliphatic hydroxyl groups excluding tert-OH is 2. The summed E-state index contributed by atoms with van der Waals surface area (Å²) < 4.78 is 5.58. The van der Waals surface area contributed by atoms with Crippen LogP contribution in [0.3, 0.4) is 0 Å². The van der Waals surface area contributed by atoms with Crippen molar-refractivity contribution in [2.24, 2.45) is 11.8 Å². The lowest BCUT2D eigenvalue weighted by molar-refractivity contribution is 0.0585. The molecule has 2 rings (SSSR count). The quantitative estimate of drug-likeness (QED) is 0.760. The van der Waals surface area contributed by atoms with Crippen LogP contribution in [0.15, 0.2) is 30.3 Å². The molecule has 0 heterocycles. The molecule has 3 atom stereocenters. The van der Waals surface area contributed by atoms with Crippen LogP contribution in [0, 0.1) is 11.8 Å². The van der Waals surface area contributed by atoms with E-state index in [1.54, 1.807) is 0 Å². The van der Waals surface area contributed by atoms with Gasteiger partial charge in [0.05, 0.1) is 25.9 Å². The molecule has 3 nitrogen and oxygen atoms in total. The Bertz CT molecular complexity index is 312. The predicted molar refractivity (Wildman–Crippen MR) is 60.8 cm³/mol. The minimum Gasteiger partial charge on any atom is -0.394 e. The van der Waals surface area contributed by atoms with Crippen LogP contribution in [-0.2, 0) is 11.3 Å². The zero-order valence-corrected chi connectivity index (χ0v) is 9.25. The van der Waals surface area contributed by atoms with Crippen LogP contribution in [0.1, 0.15) is 12.0 Å². The Morgan fingerprint density at radius 2 is 2.06 bits per heavy atom. The minimum atomic E-state index is -0.565. The Hall–Kier alpha value is -0.900. The first-order chi connectivity index (χ1) is 7.81. The van der Waals surface area contributed by atoms with Crippen molar-refractivity contribution in [2.75, 3.05) is 13.2 Å². The van der Waals surface area contributed by atoms with Crippen LogP contribution < -0.4 is 0 Å². The molecule has 1 aromatic carbocycles. The molecule has 0 aromatic heterocycles. The van der Waals surface area contributed by atoms with Crippen LogP contribution in [0.2, 0.25) is 0 Å². The molecular weight excluding hydrogens is 204 g/mol. The fraction of sp³-hybridized carbons (Fsp3) is 0.538. The predicted octanol–water partition coefficient (Wildman–Crippen LogP) is 1.19. The summed E-state index contributed by atoms with van der Waals surface area (Å²) in [5, 5.41) is 18.2. The van der Waals surface area contributed by atoms with Crippen LogP contribution in [0.4, 0.5) is 0 Å². The maximum absolute atomic E-state index is 9.38. The van der Waals surface area contributed by atoms with E-state index in [4.69, 9.17) is 9.84 Å². The first-order valence-corrected chi connectivity index (χ1v) is 5.72. The van der Waals surface area contributed by atoms with E-state index in [0.717, 1.165) is 6.42 Å². The molecule has 0 radical (unpaired) electrons. The fourth-order valence-electron chi connectivity index (χ4n) is 1.97. The van der Waals surface area contributed by atoms with Crippen molar-refractivity contribution in [1.82, 2.24) is 0 Å². The standard InChI is InChI=1S/C13H18O3/c14-7-13(15)12-6-11(12)9-16-8-10-4-2-1-3-5-10/h1-5,11-15H,6-9H2/t11-,12-,13-/m1/s1. The highest BCUT2D eigenvalue weighted by molar-refractivity contribution is 5.13. The van der Waals surface area contributed by atoms with Crippen molar-refractivity contribution in [2.45, 2.75) is 19.1 Å². The average molecular weight is 222 g/mol. The second-order valence-electron chi connectivity index (χ2n) is 4.41. The van der Waals surface area contributed by atoms with Gasteiger partial charge in [-0.15, -0.1) is 0 Å². The van der Waals surface area contributed by atoms with Crippen molar-refractivity contribution in [3.8, 4) is 0 Å². The number of benzene rings is 1. The Morgan fingerprint density at radius 1 is 1.31 bits per heavy atom. The first-order valence-electron chi connectivity index (χ1n) is 5.72. The summed E-state index contributed by atoms with van der Waals surface area (Å²) in [4.78, 5) is 0. The van der Waals surface area contributed by atoms with Crippen molar-refractivity contribution in [1.29, 1.82) is 0 Å². The van der Waals surface area contributed by atoms with Gasteiger partial charge in [0.2, 0.25) is 0 Å². The van der Waals surface area contributed by atoms with Gasteiger partial charge in [-0.2, -0.15) is 0 Å². The summed E-state index contributed by atoms with van der Waals surface area (Å²) in [6.07, 6.45) is 0.404. The first kappa shape index (κ1) is 11.6. The molecule has 88 valence electrons. The zero-order chi connectivity index (χ0) is 11.4. The molecule has 1 saturated carbocycles. The molecule has 0 spiro atoms. The van der Waals surface area contributed by atoms with E-state index in [0.29, 0.717) is 19.1 Å².